The molecule has 0 fully saturated rings. The standard InChI is InChI=1S/C6H12N2/c1-2-8-5-3-4-7-6-8/h6H,2-5H2,1H3. The van der Waals surface area contributed by atoms with Crippen molar-refractivity contribution in [3.63, 3.8) is 0 Å². The molecule has 0 saturated carbocycles. The van der Waals surface area contributed by atoms with Crippen molar-refractivity contribution in [1.29, 1.82) is 0 Å². The summed E-state index contributed by atoms with van der Waals surface area (Å²) in [6.45, 7) is 5.47. The van der Waals surface area contributed by atoms with E-state index in [1.807, 2.05) is 6.34 Å². The molecule has 0 radical (unpaired) electrons. The Kier molecular flexibility index (Phi) is 1.89. The lowest BCUT2D eigenvalue weighted by molar-refractivity contribution is 0.427. The van der Waals surface area contributed by atoms with Crippen LogP contribution in [0.2, 0.25) is 0 Å². The average Bonchev–Trinajstić information content (AvgIpc) is 1.90. The lowest BCUT2D eigenvalue weighted by Gasteiger charge is -2.19. The van der Waals surface area contributed by atoms with Crippen LogP contribution in [-0.4, -0.2) is 30.9 Å². The van der Waals surface area contributed by atoms with E-state index >= 15 is 0 Å². The van der Waals surface area contributed by atoms with Crippen molar-refractivity contribution in [3.8, 4) is 0 Å². The van der Waals surface area contributed by atoms with Gasteiger partial charge in [-0.2, -0.15) is 0 Å². The molecule has 0 unspecified atom stereocenters. The number of nitrogens with zero attached hydrogens (tertiary/aromatic N) is 2. The molecule has 46 valence electrons. The molecule has 1 rings (SSSR count). The van der Waals surface area contributed by atoms with Crippen LogP contribution in [0.4, 0.5) is 0 Å². The predicted molar refractivity (Wildman–Crippen MR) is 35.2 cm³/mol. The van der Waals surface area contributed by atoms with E-state index in [-0.39, 0.29) is 0 Å². The molecule has 0 saturated heterocycles. The second kappa shape index (κ2) is 2.70. The van der Waals surface area contributed by atoms with Crippen LogP contribution in [0, 0.1) is 0 Å². The molecular weight excluding hydrogens is 100 g/mol. The summed E-state index contributed by atoms with van der Waals surface area (Å²) in [7, 11) is 0. The van der Waals surface area contributed by atoms with E-state index in [0.717, 1.165) is 13.1 Å². The highest BCUT2D eigenvalue weighted by Crippen LogP contribution is 1.93. The van der Waals surface area contributed by atoms with Crippen LogP contribution in [0.5, 0.6) is 0 Å². The van der Waals surface area contributed by atoms with Crippen LogP contribution in [0.1, 0.15) is 13.3 Å². The van der Waals surface area contributed by atoms with Gasteiger partial charge in [0.15, 0.2) is 0 Å². The van der Waals surface area contributed by atoms with Gasteiger partial charge in [0.1, 0.15) is 0 Å². The van der Waals surface area contributed by atoms with Crippen molar-refractivity contribution in [2.75, 3.05) is 19.6 Å². The molecule has 0 aliphatic carbocycles. The summed E-state index contributed by atoms with van der Waals surface area (Å²) in [6, 6.07) is 0. The Balaban J connectivity index is 2.32. The third kappa shape index (κ3) is 1.22. The highest BCUT2D eigenvalue weighted by molar-refractivity contribution is 5.55. The zero-order valence-electron chi connectivity index (χ0n) is 5.30. The zero-order chi connectivity index (χ0) is 5.82. The van der Waals surface area contributed by atoms with Gasteiger partial charge in [0.05, 0.1) is 6.34 Å². The molecule has 0 spiro atoms. The van der Waals surface area contributed by atoms with E-state index < -0.39 is 0 Å². The molecule has 0 bridgehead atoms. The molecule has 2 nitrogen and oxygen atoms in total. The van der Waals surface area contributed by atoms with Crippen LogP contribution < -0.4 is 0 Å². The van der Waals surface area contributed by atoms with E-state index in [1.165, 1.54) is 13.0 Å². The lowest BCUT2D eigenvalue weighted by Crippen LogP contribution is -2.26. The molecule has 0 N–H and O–H groups in total. The van der Waals surface area contributed by atoms with E-state index in [1.54, 1.807) is 0 Å². The normalized spacial score (nSPS) is 19.4. The van der Waals surface area contributed by atoms with Crippen molar-refractivity contribution >= 4 is 6.34 Å². The van der Waals surface area contributed by atoms with Crippen molar-refractivity contribution in [2.24, 2.45) is 4.99 Å². The van der Waals surface area contributed by atoms with Gasteiger partial charge in [-0.3, -0.25) is 4.99 Å². The molecule has 0 aromatic rings. The van der Waals surface area contributed by atoms with Crippen LogP contribution in [0.25, 0.3) is 0 Å². The van der Waals surface area contributed by atoms with Crippen LogP contribution >= 0.6 is 0 Å². The van der Waals surface area contributed by atoms with E-state index in [9.17, 15) is 0 Å². The third-order valence-electron chi connectivity index (χ3n) is 1.38. The Bertz CT molecular complexity index is 88.5. The van der Waals surface area contributed by atoms with Crippen molar-refractivity contribution < 1.29 is 0 Å². The first-order valence-corrected chi connectivity index (χ1v) is 3.17. The molecule has 0 aromatic heterocycles. The molecular formula is C6H12N2. The van der Waals surface area contributed by atoms with Crippen molar-refractivity contribution in [2.45, 2.75) is 13.3 Å². The number of hydrogen-bond acceptors (Lipinski definition) is 2. The highest BCUT2D eigenvalue weighted by atomic mass is 15.2. The average molecular weight is 112 g/mol. The van der Waals surface area contributed by atoms with E-state index in [2.05, 4.69) is 16.8 Å². The second-order valence-electron chi connectivity index (χ2n) is 2.00. The third-order valence-corrected chi connectivity index (χ3v) is 1.38. The molecule has 8 heavy (non-hydrogen) atoms. The summed E-state index contributed by atoms with van der Waals surface area (Å²) >= 11 is 0. The van der Waals surface area contributed by atoms with E-state index in [4.69, 9.17) is 0 Å². The van der Waals surface area contributed by atoms with Gasteiger partial charge in [-0.25, -0.2) is 0 Å². The Hall–Kier alpha value is -0.530. The SMILES string of the molecule is CCN1C=NCCC1. The van der Waals surface area contributed by atoms with Crippen LogP contribution in [0.3, 0.4) is 0 Å². The molecule has 0 aromatic carbocycles. The number of rotatable bonds is 1. The quantitative estimate of drug-likeness (QED) is 0.488. The number of aliphatic imine (C=N–C) groups is 1. The Morgan fingerprint density at radius 3 is 3.00 bits per heavy atom. The fraction of sp³-hybridized carbons (Fsp3) is 0.833. The van der Waals surface area contributed by atoms with Crippen LogP contribution in [-0.2, 0) is 0 Å². The Labute approximate surface area is 50.2 Å². The maximum atomic E-state index is 4.13. The predicted octanol–water partition coefficient (Wildman–Crippen LogP) is 0.740. The first kappa shape index (κ1) is 5.60. The molecule has 0 atom stereocenters. The summed E-state index contributed by atoms with van der Waals surface area (Å²) in [5, 5.41) is 0. The Morgan fingerprint density at radius 1 is 1.75 bits per heavy atom. The minimum absolute atomic E-state index is 1.02. The largest absolute Gasteiger partial charge is 0.363 e. The maximum absolute atomic E-state index is 4.13. The molecule has 0 amide bonds. The molecule has 1 heterocycles. The maximum Gasteiger partial charge on any atom is 0.0849 e. The van der Waals surface area contributed by atoms with Crippen molar-refractivity contribution in [3.05, 3.63) is 0 Å². The van der Waals surface area contributed by atoms with E-state index in [0.29, 0.717) is 0 Å². The molecule has 1 aliphatic heterocycles. The molecule has 2 heteroatoms. The fourth-order valence-corrected chi connectivity index (χ4v) is 0.836. The zero-order valence-corrected chi connectivity index (χ0v) is 5.30. The number of hydrogen-bond donors (Lipinski definition) is 0. The monoisotopic (exact) mass is 112 g/mol. The van der Waals surface area contributed by atoms with Gasteiger partial charge in [-0.1, -0.05) is 0 Å². The minimum Gasteiger partial charge on any atom is -0.363 e. The fourth-order valence-electron chi connectivity index (χ4n) is 0.836. The summed E-state index contributed by atoms with van der Waals surface area (Å²) in [4.78, 5) is 6.36. The first-order valence-electron chi connectivity index (χ1n) is 3.17. The minimum atomic E-state index is 1.02. The smallest absolute Gasteiger partial charge is 0.0849 e. The summed E-state index contributed by atoms with van der Waals surface area (Å²) in [5.41, 5.74) is 0. The Morgan fingerprint density at radius 2 is 2.62 bits per heavy atom. The first-order chi connectivity index (χ1) is 3.93. The van der Waals surface area contributed by atoms with Gasteiger partial charge in [0.25, 0.3) is 0 Å². The highest BCUT2D eigenvalue weighted by Gasteiger charge is 1.98. The summed E-state index contributed by atoms with van der Waals surface area (Å²) in [5.74, 6) is 0. The van der Waals surface area contributed by atoms with Gasteiger partial charge >= 0.3 is 0 Å². The van der Waals surface area contributed by atoms with Crippen LogP contribution in [0.15, 0.2) is 4.99 Å². The second-order valence-corrected chi connectivity index (χ2v) is 2.00. The molecule has 1 aliphatic rings. The van der Waals surface area contributed by atoms with Gasteiger partial charge in [-0.05, 0) is 13.3 Å². The lowest BCUT2D eigenvalue weighted by atomic mass is 10.3. The summed E-state index contributed by atoms with van der Waals surface area (Å²) < 4.78 is 0. The topological polar surface area (TPSA) is 15.6 Å². The van der Waals surface area contributed by atoms with Gasteiger partial charge < -0.3 is 4.90 Å². The van der Waals surface area contributed by atoms with Gasteiger partial charge in [0.2, 0.25) is 0 Å². The summed E-state index contributed by atoms with van der Waals surface area (Å²) in [6.07, 6.45) is 3.17. The van der Waals surface area contributed by atoms with Crippen molar-refractivity contribution in [1.82, 2.24) is 4.90 Å². The van der Waals surface area contributed by atoms with Gasteiger partial charge in [-0.15, -0.1) is 0 Å². The van der Waals surface area contributed by atoms with Gasteiger partial charge in [0, 0.05) is 19.6 Å².